The molecule has 0 fully saturated rings. The highest BCUT2D eigenvalue weighted by Gasteiger charge is 2.05. The first-order valence-corrected chi connectivity index (χ1v) is 8.16. The minimum Gasteiger partial charge on any atom is -0.355 e. The number of aromatic nitrogens is 2. The van der Waals surface area contributed by atoms with Crippen LogP contribution in [0.3, 0.4) is 0 Å². The summed E-state index contributed by atoms with van der Waals surface area (Å²) in [6.45, 7) is 4.51. The summed E-state index contributed by atoms with van der Waals surface area (Å²) < 4.78 is 0. The molecule has 0 saturated heterocycles. The highest BCUT2D eigenvalue weighted by molar-refractivity contribution is 5.77. The van der Waals surface area contributed by atoms with Gasteiger partial charge in [-0.25, -0.2) is 4.98 Å². The lowest BCUT2D eigenvalue weighted by molar-refractivity contribution is -0.121. The third kappa shape index (κ3) is 5.49. The number of carbonyl (C=O) groups excluding carboxylic acids is 1. The Hall–Kier alpha value is -2.21. The van der Waals surface area contributed by atoms with E-state index in [4.69, 9.17) is 0 Å². The first kappa shape index (κ1) is 17.1. The second kappa shape index (κ2) is 9.05. The summed E-state index contributed by atoms with van der Waals surface area (Å²) in [7, 11) is 0. The molecule has 0 bridgehead atoms. The lowest BCUT2D eigenvalue weighted by atomic mass is 10.2. The number of rotatable bonds is 9. The largest absolute Gasteiger partial charge is 0.355 e. The Morgan fingerprint density at radius 2 is 2.04 bits per heavy atom. The van der Waals surface area contributed by atoms with Crippen molar-refractivity contribution >= 4 is 16.8 Å². The van der Waals surface area contributed by atoms with Gasteiger partial charge in [0.05, 0.1) is 10.9 Å². The van der Waals surface area contributed by atoms with Gasteiger partial charge in [-0.1, -0.05) is 19.1 Å². The van der Waals surface area contributed by atoms with E-state index in [9.17, 15) is 9.59 Å². The Morgan fingerprint density at radius 1 is 1.22 bits per heavy atom. The number of para-hydroxylation sites is 1. The van der Waals surface area contributed by atoms with Crippen molar-refractivity contribution in [1.82, 2.24) is 20.6 Å². The minimum atomic E-state index is -0.128. The number of nitrogens with one attached hydrogen (secondary N) is 3. The van der Waals surface area contributed by atoms with E-state index < -0.39 is 0 Å². The smallest absolute Gasteiger partial charge is 0.258 e. The number of hydrogen-bond donors (Lipinski definition) is 3. The molecule has 1 amide bonds. The van der Waals surface area contributed by atoms with Gasteiger partial charge in [0.25, 0.3) is 5.56 Å². The van der Waals surface area contributed by atoms with Crippen LogP contribution in [0.25, 0.3) is 10.9 Å². The maximum Gasteiger partial charge on any atom is 0.258 e. The molecule has 23 heavy (non-hydrogen) atoms. The minimum absolute atomic E-state index is 0.0337. The van der Waals surface area contributed by atoms with Gasteiger partial charge in [-0.2, -0.15) is 0 Å². The molecule has 0 unspecified atom stereocenters. The molecule has 1 aromatic carbocycles. The van der Waals surface area contributed by atoms with Crippen molar-refractivity contribution in [3.63, 3.8) is 0 Å². The van der Waals surface area contributed by atoms with E-state index in [1.807, 2.05) is 18.2 Å². The summed E-state index contributed by atoms with van der Waals surface area (Å²) in [6, 6.07) is 7.26. The summed E-state index contributed by atoms with van der Waals surface area (Å²) in [5, 5.41) is 6.70. The van der Waals surface area contributed by atoms with Crippen molar-refractivity contribution in [2.45, 2.75) is 32.6 Å². The van der Waals surface area contributed by atoms with E-state index in [0.29, 0.717) is 42.5 Å². The summed E-state index contributed by atoms with van der Waals surface area (Å²) in [5.74, 6) is 0.664. The van der Waals surface area contributed by atoms with Gasteiger partial charge in [0.15, 0.2) is 0 Å². The van der Waals surface area contributed by atoms with Crippen LogP contribution in [0.5, 0.6) is 0 Å². The zero-order valence-corrected chi connectivity index (χ0v) is 13.5. The molecule has 0 radical (unpaired) electrons. The van der Waals surface area contributed by atoms with Crippen molar-refractivity contribution in [2.75, 3.05) is 19.6 Å². The number of amides is 1. The number of benzene rings is 1. The Balaban J connectivity index is 1.76. The van der Waals surface area contributed by atoms with Gasteiger partial charge in [0.1, 0.15) is 5.82 Å². The monoisotopic (exact) mass is 316 g/mol. The van der Waals surface area contributed by atoms with Crippen molar-refractivity contribution in [3.8, 4) is 0 Å². The Labute approximate surface area is 135 Å². The normalized spacial score (nSPS) is 10.8. The van der Waals surface area contributed by atoms with Crippen LogP contribution >= 0.6 is 0 Å². The van der Waals surface area contributed by atoms with Crippen molar-refractivity contribution in [3.05, 3.63) is 40.4 Å². The van der Waals surface area contributed by atoms with Gasteiger partial charge >= 0.3 is 0 Å². The third-order valence-electron chi connectivity index (χ3n) is 3.53. The van der Waals surface area contributed by atoms with Gasteiger partial charge in [-0.3, -0.25) is 9.59 Å². The van der Waals surface area contributed by atoms with Crippen LogP contribution in [-0.4, -0.2) is 35.5 Å². The van der Waals surface area contributed by atoms with Crippen LogP contribution in [-0.2, 0) is 11.2 Å². The first-order chi connectivity index (χ1) is 11.2. The molecule has 0 saturated carbocycles. The average molecular weight is 316 g/mol. The molecular weight excluding hydrogens is 292 g/mol. The molecule has 2 aromatic rings. The highest BCUT2D eigenvalue weighted by Crippen LogP contribution is 2.07. The van der Waals surface area contributed by atoms with Crippen molar-refractivity contribution in [2.24, 2.45) is 0 Å². The molecule has 2 rings (SSSR count). The van der Waals surface area contributed by atoms with E-state index in [1.54, 1.807) is 6.07 Å². The van der Waals surface area contributed by atoms with Gasteiger partial charge < -0.3 is 15.6 Å². The van der Waals surface area contributed by atoms with Crippen LogP contribution < -0.4 is 16.2 Å². The van der Waals surface area contributed by atoms with Crippen LogP contribution in [0.2, 0.25) is 0 Å². The van der Waals surface area contributed by atoms with Crippen LogP contribution in [0.15, 0.2) is 29.1 Å². The van der Waals surface area contributed by atoms with E-state index in [-0.39, 0.29) is 11.5 Å². The summed E-state index contributed by atoms with van der Waals surface area (Å²) >= 11 is 0. The zero-order valence-electron chi connectivity index (χ0n) is 13.5. The summed E-state index contributed by atoms with van der Waals surface area (Å²) in [4.78, 5) is 30.9. The van der Waals surface area contributed by atoms with Gasteiger partial charge in [-0.15, -0.1) is 0 Å². The number of nitrogens with zero attached hydrogens (tertiary/aromatic N) is 1. The Bertz CT molecular complexity index is 696. The van der Waals surface area contributed by atoms with E-state index >= 15 is 0 Å². The third-order valence-corrected chi connectivity index (χ3v) is 3.53. The quantitative estimate of drug-likeness (QED) is 0.610. The Kier molecular flexibility index (Phi) is 6.75. The second-order valence-corrected chi connectivity index (χ2v) is 5.48. The van der Waals surface area contributed by atoms with Crippen molar-refractivity contribution < 1.29 is 4.79 Å². The molecule has 6 nitrogen and oxygen atoms in total. The lowest BCUT2D eigenvalue weighted by Gasteiger charge is -2.06. The fourth-order valence-electron chi connectivity index (χ4n) is 2.35. The van der Waals surface area contributed by atoms with Crippen LogP contribution in [0, 0.1) is 0 Å². The fraction of sp³-hybridized carbons (Fsp3) is 0.471. The van der Waals surface area contributed by atoms with Gasteiger partial charge in [0.2, 0.25) is 5.91 Å². The number of hydrogen-bond acceptors (Lipinski definition) is 4. The van der Waals surface area contributed by atoms with Crippen LogP contribution in [0.1, 0.15) is 32.0 Å². The standard InChI is InChI=1S/C17H24N4O2/c1-2-10-18-11-12-19-16(22)9-5-8-15-20-14-7-4-3-6-13(14)17(23)21-15/h3-4,6-7,18H,2,5,8-12H2,1H3,(H,19,22)(H,20,21,23). The molecule has 0 atom stereocenters. The second-order valence-electron chi connectivity index (χ2n) is 5.48. The number of aryl methyl sites for hydroxylation is 1. The molecular formula is C17H24N4O2. The number of fused-ring (bicyclic) bond motifs is 1. The number of carbonyl (C=O) groups is 1. The average Bonchev–Trinajstić information content (AvgIpc) is 2.55. The van der Waals surface area contributed by atoms with E-state index in [2.05, 4.69) is 27.5 Å². The van der Waals surface area contributed by atoms with Gasteiger partial charge in [0, 0.05) is 25.9 Å². The van der Waals surface area contributed by atoms with Crippen molar-refractivity contribution in [1.29, 1.82) is 0 Å². The summed E-state index contributed by atoms with van der Waals surface area (Å²) in [5.41, 5.74) is 0.565. The van der Waals surface area contributed by atoms with Gasteiger partial charge in [-0.05, 0) is 31.5 Å². The van der Waals surface area contributed by atoms with E-state index in [0.717, 1.165) is 19.5 Å². The van der Waals surface area contributed by atoms with Crippen LogP contribution in [0.4, 0.5) is 0 Å². The molecule has 0 aliphatic rings. The fourth-order valence-corrected chi connectivity index (χ4v) is 2.35. The summed E-state index contributed by atoms with van der Waals surface area (Å²) in [6.07, 6.45) is 2.77. The predicted molar refractivity (Wildman–Crippen MR) is 91.5 cm³/mol. The molecule has 1 heterocycles. The molecule has 1 aromatic heterocycles. The molecule has 0 aliphatic heterocycles. The van der Waals surface area contributed by atoms with E-state index in [1.165, 1.54) is 0 Å². The highest BCUT2D eigenvalue weighted by atomic mass is 16.1. The number of H-pyrrole nitrogens is 1. The first-order valence-electron chi connectivity index (χ1n) is 8.16. The SMILES string of the molecule is CCCNCCNC(=O)CCCc1nc2ccccc2c(=O)[nH]1. The predicted octanol–water partition coefficient (Wildman–Crippen LogP) is 1.36. The maximum atomic E-state index is 11.9. The number of aromatic amines is 1. The Morgan fingerprint density at radius 3 is 2.87 bits per heavy atom. The zero-order chi connectivity index (χ0) is 16.5. The molecule has 0 spiro atoms. The maximum absolute atomic E-state index is 11.9. The molecule has 6 heteroatoms. The molecule has 3 N–H and O–H groups in total. The molecule has 0 aliphatic carbocycles. The topological polar surface area (TPSA) is 86.9 Å². The lowest BCUT2D eigenvalue weighted by Crippen LogP contribution is -2.32. The molecule has 124 valence electrons.